The molecule has 2 unspecified atom stereocenters. The molecular formula is C40H46F4N6O4. The first-order chi connectivity index (χ1) is 25.7. The van der Waals surface area contributed by atoms with Crippen LogP contribution in [0.25, 0.3) is 10.9 Å². The zero-order valence-corrected chi connectivity index (χ0v) is 30.7. The number of H-pyrrole nitrogens is 1. The van der Waals surface area contributed by atoms with Crippen molar-refractivity contribution in [2.24, 2.45) is 11.8 Å². The number of pyridine rings is 1. The minimum atomic E-state index is -4.65. The fourth-order valence-electron chi connectivity index (χ4n) is 6.90. The lowest BCUT2D eigenvalue weighted by atomic mass is 9.78. The third-order valence-electron chi connectivity index (χ3n) is 10.5. The van der Waals surface area contributed by atoms with E-state index in [2.05, 4.69) is 31.2 Å². The smallest absolute Gasteiger partial charge is 0.358 e. The van der Waals surface area contributed by atoms with Crippen molar-refractivity contribution in [3.8, 4) is 0 Å². The second kappa shape index (κ2) is 16.8. The number of aryl methyl sites for hydroxylation is 1. The van der Waals surface area contributed by atoms with Crippen molar-refractivity contribution in [2.75, 3.05) is 0 Å². The molecule has 2 aromatic heterocycles. The van der Waals surface area contributed by atoms with Gasteiger partial charge in [0.05, 0.1) is 17.5 Å². The van der Waals surface area contributed by atoms with E-state index in [9.17, 15) is 36.7 Å². The van der Waals surface area contributed by atoms with Gasteiger partial charge >= 0.3 is 6.18 Å². The number of carbonyl (C=O) groups excluding carboxylic acids is 4. The molecule has 0 fully saturated rings. The van der Waals surface area contributed by atoms with Gasteiger partial charge in [-0.1, -0.05) is 70.9 Å². The maximum Gasteiger partial charge on any atom is 0.418 e. The SMILES string of the molecule is CCC(C)[C@H](NC(=O)Cc1ccccc1F)C(=O)N[C@]1(C(=O)N[C@H](C(=O)NCc2ccncc2)C(C)CC)CCc2[nH]c3c(C(F)(F)F)cccc3c2C1. The zero-order valence-electron chi connectivity index (χ0n) is 30.7. The van der Waals surface area contributed by atoms with Gasteiger partial charge in [-0.25, -0.2) is 4.39 Å². The average Bonchev–Trinajstić information content (AvgIpc) is 3.52. The van der Waals surface area contributed by atoms with Crippen molar-refractivity contribution in [1.82, 2.24) is 31.2 Å². The molecule has 0 radical (unpaired) electrons. The molecule has 0 saturated carbocycles. The lowest BCUT2D eigenvalue weighted by Gasteiger charge is -2.39. The van der Waals surface area contributed by atoms with Crippen molar-refractivity contribution >= 4 is 34.5 Å². The highest BCUT2D eigenvalue weighted by molar-refractivity contribution is 5.99. The molecule has 2 aromatic carbocycles. The summed E-state index contributed by atoms with van der Waals surface area (Å²) in [7, 11) is 0. The number of aromatic nitrogens is 2. The maximum atomic E-state index is 14.7. The Kier molecular flexibility index (Phi) is 12.4. The van der Waals surface area contributed by atoms with Gasteiger partial charge in [-0.3, -0.25) is 24.2 Å². The lowest BCUT2D eigenvalue weighted by Crippen LogP contribution is -2.67. The Labute approximate surface area is 311 Å². The number of nitrogens with zero attached hydrogens (tertiary/aromatic N) is 1. The van der Waals surface area contributed by atoms with Crippen LogP contribution in [-0.2, 0) is 51.2 Å². The number of hydrogen-bond acceptors (Lipinski definition) is 5. The van der Waals surface area contributed by atoms with Crippen LogP contribution >= 0.6 is 0 Å². The molecule has 4 amide bonds. The van der Waals surface area contributed by atoms with Crippen molar-refractivity contribution in [1.29, 1.82) is 0 Å². The molecule has 54 heavy (non-hydrogen) atoms. The Morgan fingerprint density at radius 2 is 1.56 bits per heavy atom. The number of benzene rings is 2. The summed E-state index contributed by atoms with van der Waals surface area (Å²) >= 11 is 0. The second-order valence-corrected chi connectivity index (χ2v) is 14.2. The van der Waals surface area contributed by atoms with Crippen molar-refractivity contribution in [3.05, 3.63) is 101 Å². The molecule has 0 aliphatic heterocycles. The lowest BCUT2D eigenvalue weighted by molar-refractivity contribution is -0.139. The summed E-state index contributed by atoms with van der Waals surface area (Å²) in [6.45, 7) is 7.44. The Morgan fingerprint density at radius 3 is 2.20 bits per heavy atom. The number of nitrogens with one attached hydrogen (secondary N) is 5. The number of rotatable bonds is 14. The molecular weight excluding hydrogens is 704 g/mol. The van der Waals surface area contributed by atoms with E-state index in [0.717, 1.165) is 11.6 Å². The van der Waals surface area contributed by atoms with Gasteiger partial charge in [0, 0.05) is 36.4 Å². The molecule has 14 heteroatoms. The molecule has 288 valence electrons. The van der Waals surface area contributed by atoms with E-state index >= 15 is 0 Å². The van der Waals surface area contributed by atoms with Gasteiger partial charge < -0.3 is 26.3 Å². The van der Waals surface area contributed by atoms with E-state index in [0.29, 0.717) is 24.1 Å². The van der Waals surface area contributed by atoms with Crippen molar-refractivity contribution < 1.29 is 36.7 Å². The summed E-state index contributed by atoms with van der Waals surface area (Å²) in [6, 6.07) is 10.9. The summed E-state index contributed by atoms with van der Waals surface area (Å²) < 4.78 is 56.6. The summed E-state index contributed by atoms with van der Waals surface area (Å²) in [5, 5.41) is 11.7. The zero-order chi connectivity index (χ0) is 39.2. The molecule has 1 aliphatic rings. The van der Waals surface area contributed by atoms with Crippen LogP contribution in [0.2, 0.25) is 0 Å². The van der Waals surface area contributed by atoms with E-state index < -0.39 is 64.7 Å². The monoisotopic (exact) mass is 750 g/mol. The molecule has 0 saturated heterocycles. The van der Waals surface area contributed by atoms with Gasteiger partial charge in [-0.15, -0.1) is 0 Å². The molecule has 5 rings (SSSR count). The van der Waals surface area contributed by atoms with Crippen molar-refractivity contribution in [3.63, 3.8) is 0 Å². The number of para-hydroxylation sites is 1. The largest absolute Gasteiger partial charge is 0.418 e. The molecule has 0 spiro atoms. The summed E-state index contributed by atoms with van der Waals surface area (Å²) in [5.74, 6) is -3.78. The van der Waals surface area contributed by atoms with Crippen LogP contribution < -0.4 is 21.3 Å². The fraction of sp³-hybridized carbons (Fsp3) is 0.425. The second-order valence-electron chi connectivity index (χ2n) is 14.2. The summed E-state index contributed by atoms with van der Waals surface area (Å²) in [4.78, 5) is 62.8. The Morgan fingerprint density at radius 1 is 0.889 bits per heavy atom. The number of aromatic amines is 1. The van der Waals surface area contributed by atoms with Gasteiger partial charge in [0.25, 0.3) is 0 Å². The van der Waals surface area contributed by atoms with Gasteiger partial charge in [-0.05, 0) is 65.6 Å². The average molecular weight is 751 g/mol. The summed E-state index contributed by atoms with van der Waals surface area (Å²) in [5.41, 5.74) is -0.832. The number of carbonyl (C=O) groups is 4. The van der Waals surface area contributed by atoms with E-state index in [1.807, 2.05) is 20.8 Å². The quantitative estimate of drug-likeness (QED) is 0.105. The van der Waals surface area contributed by atoms with E-state index in [1.54, 1.807) is 37.5 Å². The van der Waals surface area contributed by atoms with Gasteiger partial charge in [0.1, 0.15) is 23.4 Å². The third-order valence-corrected chi connectivity index (χ3v) is 10.5. The minimum absolute atomic E-state index is 0.0198. The Bertz CT molecular complexity index is 1980. The van der Waals surface area contributed by atoms with Crippen LogP contribution in [0.3, 0.4) is 0 Å². The molecule has 5 N–H and O–H groups in total. The predicted molar refractivity (Wildman–Crippen MR) is 195 cm³/mol. The Hall–Kier alpha value is -5.27. The number of halogens is 4. The van der Waals surface area contributed by atoms with Gasteiger partial charge in [0.2, 0.25) is 23.6 Å². The minimum Gasteiger partial charge on any atom is -0.358 e. The first-order valence-corrected chi connectivity index (χ1v) is 18.2. The maximum absolute atomic E-state index is 14.7. The highest BCUT2D eigenvalue weighted by Crippen LogP contribution is 2.40. The van der Waals surface area contributed by atoms with Crippen LogP contribution in [-0.4, -0.2) is 51.2 Å². The van der Waals surface area contributed by atoms with Crippen LogP contribution in [0.4, 0.5) is 17.6 Å². The van der Waals surface area contributed by atoms with E-state index in [4.69, 9.17) is 0 Å². The topological polar surface area (TPSA) is 145 Å². The molecule has 1 aliphatic carbocycles. The van der Waals surface area contributed by atoms with Crippen LogP contribution in [0.1, 0.15) is 74.9 Å². The third kappa shape index (κ3) is 8.91. The highest BCUT2D eigenvalue weighted by atomic mass is 19.4. The normalized spacial score (nSPS) is 17.8. The first-order valence-electron chi connectivity index (χ1n) is 18.2. The standard InChI is InChI=1S/C40H46F4N6O4/c1-5-23(3)33(36(52)46-22-25-15-18-45-19-16-25)49-38(54)39(17-14-31-28(21-39)27-11-9-12-29(35(27)47-31)40(42,43)44)50-37(53)34(24(4)6-2)48-32(51)20-26-10-7-8-13-30(26)41/h7-13,15-16,18-19,23-24,33-34,47H,5-6,14,17,20-22H2,1-4H3,(H,46,52)(H,48,51)(H,49,54)(H,50,53)/t23?,24?,33-,34-,39+/m0/s1. The molecule has 4 aromatic rings. The van der Waals surface area contributed by atoms with Crippen LogP contribution in [0.15, 0.2) is 67.0 Å². The highest BCUT2D eigenvalue weighted by Gasteiger charge is 2.47. The first kappa shape index (κ1) is 39.9. The molecule has 5 atom stereocenters. The summed E-state index contributed by atoms with van der Waals surface area (Å²) in [6.07, 6.45) is -0.922. The number of fused-ring (bicyclic) bond motifs is 3. The molecule has 2 heterocycles. The molecule has 10 nitrogen and oxygen atoms in total. The van der Waals surface area contributed by atoms with Gasteiger partial charge in [-0.2, -0.15) is 13.2 Å². The Balaban J connectivity index is 1.49. The van der Waals surface area contributed by atoms with Gasteiger partial charge in [0.15, 0.2) is 0 Å². The van der Waals surface area contributed by atoms with E-state index in [1.165, 1.54) is 30.3 Å². The number of alkyl halides is 3. The van der Waals surface area contributed by atoms with Crippen LogP contribution in [0, 0.1) is 17.7 Å². The number of hydrogen-bond donors (Lipinski definition) is 5. The van der Waals surface area contributed by atoms with Crippen molar-refractivity contribution in [2.45, 2.75) is 96.6 Å². The van der Waals surface area contributed by atoms with Crippen LogP contribution in [0.5, 0.6) is 0 Å². The fourth-order valence-corrected chi connectivity index (χ4v) is 6.90. The molecule has 0 bridgehead atoms. The predicted octanol–water partition coefficient (Wildman–Crippen LogP) is 5.69. The van der Waals surface area contributed by atoms with E-state index in [-0.39, 0.29) is 54.6 Å². The number of amides is 4.